The van der Waals surface area contributed by atoms with E-state index in [2.05, 4.69) is 26.3 Å². The topological polar surface area (TPSA) is 29.9 Å². The van der Waals surface area contributed by atoms with Gasteiger partial charge in [0, 0.05) is 25.6 Å². The molecule has 0 saturated heterocycles. The zero-order valence-corrected chi connectivity index (χ0v) is 12.0. The second kappa shape index (κ2) is 5.63. The quantitative estimate of drug-likeness (QED) is 0.941. The van der Waals surface area contributed by atoms with Crippen LogP contribution in [0.4, 0.5) is 4.39 Å². The Balaban J connectivity index is 2.42. The van der Waals surface area contributed by atoms with Crippen LogP contribution in [0.1, 0.15) is 5.69 Å². The third kappa shape index (κ3) is 2.62. The van der Waals surface area contributed by atoms with Crippen molar-refractivity contribution in [1.29, 1.82) is 0 Å². The third-order valence-electron chi connectivity index (χ3n) is 2.77. The van der Waals surface area contributed by atoms with Gasteiger partial charge in [-0.1, -0.05) is 12.1 Å². The van der Waals surface area contributed by atoms with Crippen LogP contribution in [0, 0.1) is 5.82 Å². The summed E-state index contributed by atoms with van der Waals surface area (Å²) in [5.74, 6) is -0.239. The summed E-state index contributed by atoms with van der Waals surface area (Å²) >= 11 is 3.56. The number of rotatable bonds is 4. The highest BCUT2D eigenvalue weighted by Crippen LogP contribution is 2.31. The van der Waals surface area contributed by atoms with E-state index in [9.17, 15) is 4.39 Å². The summed E-state index contributed by atoms with van der Waals surface area (Å²) in [4.78, 5) is 0. The number of aromatic nitrogens is 2. The summed E-state index contributed by atoms with van der Waals surface area (Å²) < 4.78 is 16.0. The SMILES string of the molecule is CNCCc1nn(C)c(-c2cccc(F)c2)c1Br. The summed E-state index contributed by atoms with van der Waals surface area (Å²) in [6.07, 6.45) is 0.834. The molecule has 18 heavy (non-hydrogen) atoms. The summed E-state index contributed by atoms with van der Waals surface area (Å²) in [5, 5.41) is 7.55. The zero-order chi connectivity index (χ0) is 13.1. The van der Waals surface area contributed by atoms with Gasteiger partial charge in [-0.2, -0.15) is 5.10 Å². The van der Waals surface area contributed by atoms with Crippen molar-refractivity contribution in [2.24, 2.45) is 7.05 Å². The highest BCUT2D eigenvalue weighted by molar-refractivity contribution is 9.10. The summed E-state index contributed by atoms with van der Waals surface area (Å²) in [7, 11) is 3.78. The largest absolute Gasteiger partial charge is 0.319 e. The van der Waals surface area contributed by atoms with Crippen molar-refractivity contribution in [1.82, 2.24) is 15.1 Å². The van der Waals surface area contributed by atoms with Crippen LogP contribution in [-0.2, 0) is 13.5 Å². The number of hydrogen-bond donors (Lipinski definition) is 1. The number of benzene rings is 1. The first kappa shape index (κ1) is 13.2. The molecule has 0 aliphatic carbocycles. The molecule has 0 amide bonds. The molecule has 3 nitrogen and oxygen atoms in total. The van der Waals surface area contributed by atoms with Crippen molar-refractivity contribution < 1.29 is 4.39 Å². The maximum atomic E-state index is 13.3. The van der Waals surface area contributed by atoms with Gasteiger partial charge < -0.3 is 5.32 Å². The van der Waals surface area contributed by atoms with Gasteiger partial charge in [0.1, 0.15) is 5.82 Å². The van der Waals surface area contributed by atoms with E-state index in [-0.39, 0.29) is 5.82 Å². The van der Waals surface area contributed by atoms with E-state index in [4.69, 9.17) is 0 Å². The second-order valence-corrected chi connectivity index (χ2v) is 4.89. The number of halogens is 2. The molecule has 0 radical (unpaired) electrons. The van der Waals surface area contributed by atoms with Crippen LogP contribution < -0.4 is 5.32 Å². The Morgan fingerprint density at radius 3 is 2.89 bits per heavy atom. The molecule has 2 aromatic rings. The Labute approximate surface area is 114 Å². The minimum absolute atomic E-state index is 0.239. The second-order valence-electron chi connectivity index (χ2n) is 4.10. The van der Waals surface area contributed by atoms with Gasteiger partial charge >= 0.3 is 0 Å². The Kier molecular flexibility index (Phi) is 4.14. The summed E-state index contributed by atoms with van der Waals surface area (Å²) in [5.41, 5.74) is 2.71. The van der Waals surface area contributed by atoms with Crippen molar-refractivity contribution in [3.63, 3.8) is 0 Å². The standard InChI is InChI=1S/C13H15BrFN3/c1-16-7-6-11-12(14)13(18(2)17-11)9-4-3-5-10(15)8-9/h3-5,8,16H,6-7H2,1-2H3. The number of aryl methyl sites for hydroxylation is 1. The summed E-state index contributed by atoms with van der Waals surface area (Å²) in [6, 6.07) is 6.55. The monoisotopic (exact) mass is 311 g/mol. The van der Waals surface area contributed by atoms with Crippen molar-refractivity contribution in [3.8, 4) is 11.3 Å². The molecule has 0 atom stereocenters. The molecule has 0 spiro atoms. The van der Waals surface area contributed by atoms with Crippen LogP contribution in [-0.4, -0.2) is 23.4 Å². The Bertz CT molecular complexity index is 551. The predicted molar refractivity (Wildman–Crippen MR) is 73.9 cm³/mol. The minimum Gasteiger partial charge on any atom is -0.319 e. The number of hydrogen-bond acceptors (Lipinski definition) is 2. The normalized spacial score (nSPS) is 10.9. The molecule has 0 aliphatic heterocycles. The lowest BCUT2D eigenvalue weighted by atomic mass is 10.1. The van der Waals surface area contributed by atoms with Crippen molar-refractivity contribution in [3.05, 3.63) is 40.2 Å². The molecular weight excluding hydrogens is 297 g/mol. The third-order valence-corrected chi connectivity index (χ3v) is 3.60. The van der Waals surface area contributed by atoms with Crippen molar-refractivity contribution >= 4 is 15.9 Å². The van der Waals surface area contributed by atoms with E-state index in [0.29, 0.717) is 0 Å². The fourth-order valence-electron chi connectivity index (χ4n) is 1.91. The number of nitrogens with one attached hydrogen (secondary N) is 1. The Hall–Kier alpha value is -1.20. The lowest BCUT2D eigenvalue weighted by molar-refractivity contribution is 0.628. The number of nitrogens with zero attached hydrogens (tertiary/aromatic N) is 2. The summed E-state index contributed by atoms with van der Waals surface area (Å²) in [6.45, 7) is 0.859. The van der Waals surface area contributed by atoms with Crippen LogP contribution in [0.5, 0.6) is 0 Å². The van der Waals surface area contributed by atoms with Crippen LogP contribution in [0.15, 0.2) is 28.7 Å². The molecule has 1 heterocycles. The molecule has 1 aromatic heterocycles. The zero-order valence-electron chi connectivity index (χ0n) is 10.4. The van der Waals surface area contributed by atoms with Crippen LogP contribution >= 0.6 is 15.9 Å². The molecule has 0 unspecified atom stereocenters. The van der Waals surface area contributed by atoms with E-state index in [1.54, 1.807) is 10.7 Å². The fourth-order valence-corrected chi connectivity index (χ4v) is 2.67. The molecule has 1 N–H and O–H groups in total. The van der Waals surface area contributed by atoms with Gasteiger partial charge in [-0.3, -0.25) is 4.68 Å². The van der Waals surface area contributed by atoms with Gasteiger partial charge in [0.15, 0.2) is 0 Å². The predicted octanol–water partition coefficient (Wildman–Crippen LogP) is 2.75. The molecule has 5 heteroatoms. The molecule has 0 fully saturated rings. The van der Waals surface area contributed by atoms with E-state index >= 15 is 0 Å². The Morgan fingerprint density at radius 2 is 2.22 bits per heavy atom. The van der Waals surface area contributed by atoms with Crippen molar-refractivity contribution in [2.75, 3.05) is 13.6 Å². The van der Waals surface area contributed by atoms with E-state index < -0.39 is 0 Å². The molecule has 0 bridgehead atoms. The van der Waals surface area contributed by atoms with Gasteiger partial charge in [0.05, 0.1) is 15.9 Å². The molecule has 1 aromatic carbocycles. The molecular formula is C13H15BrFN3. The lowest BCUT2D eigenvalue weighted by Gasteiger charge is -2.03. The lowest BCUT2D eigenvalue weighted by Crippen LogP contribution is -2.11. The average molecular weight is 312 g/mol. The highest BCUT2D eigenvalue weighted by Gasteiger charge is 2.15. The van der Waals surface area contributed by atoms with Crippen LogP contribution in [0.2, 0.25) is 0 Å². The van der Waals surface area contributed by atoms with Gasteiger partial charge in [-0.15, -0.1) is 0 Å². The van der Waals surface area contributed by atoms with E-state index in [1.165, 1.54) is 12.1 Å². The maximum absolute atomic E-state index is 13.3. The molecule has 2 rings (SSSR count). The smallest absolute Gasteiger partial charge is 0.123 e. The van der Waals surface area contributed by atoms with Crippen LogP contribution in [0.25, 0.3) is 11.3 Å². The van der Waals surface area contributed by atoms with E-state index in [0.717, 1.165) is 34.4 Å². The number of likely N-dealkylation sites (N-methyl/N-ethyl adjacent to an activating group) is 1. The van der Waals surface area contributed by atoms with Crippen LogP contribution in [0.3, 0.4) is 0 Å². The maximum Gasteiger partial charge on any atom is 0.123 e. The van der Waals surface area contributed by atoms with Gasteiger partial charge in [-0.05, 0) is 35.1 Å². The first-order chi connectivity index (χ1) is 8.63. The first-order valence-corrected chi connectivity index (χ1v) is 6.54. The minimum atomic E-state index is -0.239. The first-order valence-electron chi connectivity index (χ1n) is 5.75. The molecule has 0 aliphatic rings. The van der Waals surface area contributed by atoms with Gasteiger partial charge in [0.2, 0.25) is 0 Å². The van der Waals surface area contributed by atoms with Crippen molar-refractivity contribution in [2.45, 2.75) is 6.42 Å². The highest BCUT2D eigenvalue weighted by atomic mass is 79.9. The van der Waals surface area contributed by atoms with Gasteiger partial charge in [0.25, 0.3) is 0 Å². The molecule has 96 valence electrons. The van der Waals surface area contributed by atoms with E-state index in [1.807, 2.05) is 20.2 Å². The fraction of sp³-hybridized carbons (Fsp3) is 0.308. The Morgan fingerprint density at radius 1 is 1.44 bits per heavy atom. The average Bonchev–Trinajstić information content (AvgIpc) is 2.62. The molecule has 0 saturated carbocycles. The van der Waals surface area contributed by atoms with Gasteiger partial charge in [-0.25, -0.2) is 4.39 Å².